The maximum Gasteiger partial charge on any atom is 0.321 e. The summed E-state index contributed by atoms with van der Waals surface area (Å²) in [6.07, 6.45) is 0.598. The lowest BCUT2D eigenvalue weighted by atomic mass is 9.97. The number of amides is 4. The summed E-state index contributed by atoms with van der Waals surface area (Å²) in [6, 6.07) is 6.62. The third kappa shape index (κ3) is 5.51. The molecule has 32 heavy (non-hydrogen) atoms. The van der Waals surface area contributed by atoms with Crippen LogP contribution in [0.4, 0.5) is 4.79 Å². The molecule has 4 amide bonds. The van der Waals surface area contributed by atoms with Gasteiger partial charge in [0.1, 0.15) is 18.3 Å². The quantitative estimate of drug-likeness (QED) is 0.585. The molecular formula is C23H34N4O5. The van der Waals surface area contributed by atoms with Crippen LogP contribution < -0.4 is 10.1 Å². The van der Waals surface area contributed by atoms with Crippen molar-refractivity contribution in [2.45, 2.75) is 38.9 Å². The lowest BCUT2D eigenvalue weighted by molar-refractivity contribution is -0.143. The van der Waals surface area contributed by atoms with Gasteiger partial charge in [-0.2, -0.15) is 0 Å². The van der Waals surface area contributed by atoms with Crippen LogP contribution in [0, 0.1) is 5.92 Å². The van der Waals surface area contributed by atoms with Crippen LogP contribution in [0.5, 0.6) is 5.75 Å². The Morgan fingerprint density at radius 1 is 1.19 bits per heavy atom. The zero-order chi connectivity index (χ0) is 23.3. The lowest BCUT2D eigenvalue weighted by Gasteiger charge is -2.42. The van der Waals surface area contributed by atoms with E-state index in [1.165, 1.54) is 0 Å². The average molecular weight is 447 g/mol. The van der Waals surface area contributed by atoms with Crippen LogP contribution >= 0.6 is 0 Å². The Balaban J connectivity index is 1.63. The van der Waals surface area contributed by atoms with Gasteiger partial charge in [-0.15, -0.1) is 0 Å². The first-order valence-corrected chi connectivity index (χ1v) is 11.1. The van der Waals surface area contributed by atoms with Crippen LogP contribution in [-0.2, 0) is 20.9 Å². The van der Waals surface area contributed by atoms with Gasteiger partial charge in [0.2, 0.25) is 11.8 Å². The van der Waals surface area contributed by atoms with E-state index < -0.39 is 6.04 Å². The largest absolute Gasteiger partial charge is 0.497 e. The van der Waals surface area contributed by atoms with E-state index in [0.29, 0.717) is 39.2 Å². The summed E-state index contributed by atoms with van der Waals surface area (Å²) in [4.78, 5) is 43.8. The molecule has 0 radical (unpaired) electrons. The van der Waals surface area contributed by atoms with E-state index in [1.807, 2.05) is 38.1 Å². The zero-order valence-electron chi connectivity index (χ0n) is 19.4. The molecule has 1 aromatic carbocycles. The molecular weight excluding hydrogens is 412 g/mol. The predicted molar refractivity (Wildman–Crippen MR) is 119 cm³/mol. The third-order valence-corrected chi connectivity index (χ3v) is 5.90. The van der Waals surface area contributed by atoms with Gasteiger partial charge in [0, 0.05) is 33.3 Å². The maximum absolute atomic E-state index is 13.2. The molecule has 0 unspecified atom stereocenters. The highest BCUT2D eigenvalue weighted by molar-refractivity contribution is 5.91. The standard InChI is InChI=1S/C23H34N4O5/c1-16(2)10-20-22(29)25(8-9-31-3)13-18-14-26(23(30)27(18)20)15-21(28)24-12-17-6-5-7-19(11-17)32-4/h5-7,11,16,18,20H,8-10,12-15H2,1-4H3,(H,24,28)/t18-,20-/m0/s1. The van der Waals surface area contributed by atoms with Crippen molar-refractivity contribution in [3.63, 3.8) is 0 Å². The SMILES string of the molecule is COCCN1C[C@H]2CN(CC(=O)NCc3cccc(OC)c3)C(=O)N2[C@@H](CC(C)C)C1=O. The second-order valence-electron chi connectivity index (χ2n) is 8.77. The number of nitrogens with one attached hydrogen (secondary N) is 1. The minimum atomic E-state index is -0.497. The summed E-state index contributed by atoms with van der Waals surface area (Å²) < 4.78 is 10.4. The summed E-state index contributed by atoms with van der Waals surface area (Å²) in [5.74, 6) is 0.718. The highest BCUT2D eigenvalue weighted by Gasteiger charge is 2.49. The topological polar surface area (TPSA) is 91.4 Å². The van der Waals surface area contributed by atoms with E-state index in [-0.39, 0.29) is 36.3 Å². The number of urea groups is 1. The number of ether oxygens (including phenoxy) is 2. The Labute approximate surface area is 189 Å². The van der Waals surface area contributed by atoms with Crippen LogP contribution in [0.25, 0.3) is 0 Å². The molecule has 9 nitrogen and oxygen atoms in total. The average Bonchev–Trinajstić information content (AvgIpc) is 3.07. The van der Waals surface area contributed by atoms with Crippen LogP contribution in [-0.4, -0.2) is 91.6 Å². The summed E-state index contributed by atoms with van der Waals surface area (Å²) in [7, 11) is 3.20. The molecule has 2 heterocycles. The molecule has 2 fully saturated rings. The fraction of sp³-hybridized carbons (Fsp3) is 0.609. The van der Waals surface area contributed by atoms with Crippen molar-refractivity contribution in [1.29, 1.82) is 0 Å². The van der Waals surface area contributed by atoms with Crippen molar-refractivity contribution in [2.75, 3.05) is 47.0 Å². The van der Waals surface area contributed by atoms with Crippen molar-refractivity contribution >= 4 is 17.8 Å². The van der Waals surface area contributed by atoms with Gasteiger partial charge in [-0.25, -0.2) is 4.79 Å². The van der Waals surface area contributed by atoms with Crippen LogP contribution in [0.1, 0.15) is 25.8 Å². The normalized spacial score (nSPS) is 20.7. The molecule has 2 saturated heterocycles. The highest BCUT2D eigenvalue weighted by Crippen LogP contribution is 2.29. The number of hydrogen-bond donors (Lipinski definition) is 1. The number of methoxy groups -OCH3 is 2. The van der Waals surface area contributed by atoms with Gasteiger partial charge in [0.15, 0.2) is 0 Å². The molecule has 0 saturated carbocycles. The molecule has 0 bridgehead atoms. The van der Waals surface area contributed by atoms with Gasteiger partial charge >= 0.3 is 6.03 Å². The van der Waals surface area contributed by atoms with E-state index in [0.717, 1.165) is 11.3 Å². The van der Waals surface area contributed by atoms with Gasteiger partial charge in [0.05, 0.1) is 19.8 Å². The monoisotopic (exact) mass is 446 g/mol. The first kappa shape index (κ1) is 23.8. The highest BCUT2D eigenvalue weighted by atomic mass is 16.5. The fourth-order valence-electron chi connectivity index (χ4n) is 4.36. The third-order valence-electron chi connectivity index (χ3n) is 5.90. The van der Waals surface area contributed by atoms with Gasteiger partial charge in [-0.3, -0.25) is 9.59 Å². The van der Waals surface area contributed by atoms with E-state index in [9.17, 15) is 14.4 Å². The summed E-state index contributed by atoms with van der Waals surface area (Å²) in [5.41, 5.74) is 0.916. The van der Waals surface area contributed by atoms with Crippen molar-refractivity contribution < 1.29 is 23.9 Å². The molecule has 0 aliphatic carbocycles. The second kappa shape index (κ2) is 10.7. The zero-order valence-corrected chi connectivity index (χ0v) is 19.4. The fourth-order valence-corrected chi connectivity index (χ4v) is 4.36. The molecule has 2 aliphatic heterocycles. The number of benzene rings is 1. The number of rotatable bonds is 10. The van der Waals surface area contributed by atoms with Crippen molar-refractivity contribution in [2.24, 2.45) is 5.92 Å². The molecule has 176 valence electrons. The Hall–Kier alpha value is -2.81. The number of piperazine rings is 1. The first-order chi connectivity index (χ1) is 15.3. The maximum atomic E-state index is 13.2. The van der Waals surface area contributed by atoms with Gasteiger partial charge in [-0.1, -0.05) is 26.0 Å². The number of carbonyl (C=O) groups excluding carboxylic acids is 3. The van der Waals surface area contributed by atoms with Crippen LogP contribution in [0.3, 0.4) is 0 Å². The minimum absolute atomic E-state index is 0.0313. The Kier molecular flexibility index (Phi) is 7.95. The number of hydrogen-bond acceptors (Lipinski definition) is 5. The molecule has 2 aliphatic rings. The van der Waals surface area contributed by atoms with Gasteiger partial charge < -0.3 is 29.5 Å². The van der Waals surface area contributed by atoms with E-state index in [1.54, 1.807) is 28.9 Å². The Bertz CT molecular complexity index is 830. The van der Waals surface area contributed by atoms with E-state index >= 15 is 0 Å². The summed E-state index contributed by atoms with van der Waals surface area (Å²) in [5, 5.41) is 2.87. The molecule has 0 aromatic heterocycles. The molecule has 0 spiro atoms. The van der Waals surface area contributed by atoms with E-state index in [2.05, 4.69) is 5.32 Å². The summed E-state index contributed by atoms with van der Waals surface area (Å²) in [6.45, 7) is 6.25. The second-order valence-corrected chi connectivity index (χ2v) is 8.77. The Morgan fingerprint density at radius 3 is 2.62 bits per heavy atom. The molecule has 1 N–H and O–H groups in total. The van der Waals surface area contributed by atoms with Crippen molar-refractivity contribution in [3.8, 4) is 5.75 Å². The number of carbonyl (C=O) groups is 3. The molecule has 2 atom stereocenters. The van der Waals surface area contributed by atoms with E-state index in [4.69, 9.17) is 9.47 Å². The van der Waals surface area contributed by atoms with Crippen LogP contribution in [0.2, 0.25) is 0 Å². The van der Waals surface area contributed by atoms with Crippen molar-refractivity contribution in [3.05, 3.63) is 29.8 Å². The van der Waals surface area contributed by atoms with Crippen molar-refractivity contribution in [1.82, 2.24) is 20.0 Å². The van der Waals surface area contributed by atoms with Gasteiger partial charge in [0.25, 0.3) is 0 Å². The van der Waals surface area contributed by atoms with Crippen LogP contribution in [0.15, 0.2) is 24.3 Å². The summed E-state index contributed by atoms with van der Waals surface area (Å²) >= 11 is 0. The molecule has 9 heteroatoms. The Morgan fingerprint density at radius 2 is 1.94 bits per heavy atom. The number of nitrogens with zero attached hydrogens (tertiary/aromatic N) is 3. The smallest absolute Gasteiger partial charge is 0.321 e. The van der Waals surface area contributed by atoms with Gasteiger partial charge in [-0.05, 0) is 30.0 Å². The molecule has 1 aromatic rings. The number of fused-ring (bicyclic) bond motifs is 1. The predicted octanol–water partition coefficient (Wildman–Crippen LogP) is 1.32. The first-order valence-electron chi connectivity index (χ1n) is 11.1. The molecule has 3 rings (SSSR count). The lowest BCUT2D eigenvalue weighted by Crippen LogP contribution is -2.61. The minimum Gasteiger partial charge on any atom is -0.497 e.